The van der Waals surface area contributed by atoms with Gasteiger partial charge < -0.3 is 9.88 Å². The van der Waals surface area contributed by atoms with E-state index in [0.717, 1.165) is 51.1 Å². The fourth-order valence-electron chi connectivity index (χ4n) is 4.84. The molecule has 3 aliphatic rings. The van der Waals surface area contributed by atoms with E-state index in [1.54, 1.807) is 0 Å². The summed E-state index contributed by atoms with van der Waals surface area (Å²) in [6, 6.07) is 4.14. The first-order valence-electron chi connectivity index (χ1n) is 9.55. The molecule has 2 bridgehead atoms. The second-order valence-electron chi connectivity index (χ2n) is 8.21. The van der Waals surface area contributed by atoms with Crippen LogP contribution in [0.2, 0.25) is 0 Å². The normalized spacial score (nSPS) is 25.3. The second-order valence-corrected chi connectivity index (χ2v) is 9.86. The molecule has 0 aliphatic carbocycles. The number of nitrogens with zero attached hydrogens (tertiary/aromatic N) is 2. The average molecular weight is 453 g/mol. The van der Waals surface area contributed by atoms with E-state index in [9.17, 15) is 13.2 Å². The molecule has 2 atom stereocenters. The number of primary sulfonamides is 1. The molecule has 0 unspecified atom stereocenters. The predicted octanol–water partition coefficient (Wildman–Crippen LogP) is 0.899. The minimum Gasteiger partial charge on any atom is -0.316 e. The summed E-state index contributed by atoms with van der Waals surface area (Å²) in [6.07, 6.45) is 2.82. The van der Waals surface area contributed by atoms with E-state index in [1.165, 1.54) is 12.1 Å². The molecule has 3 N–H and O–H groups in total. The minimum atomic E-state index is -3.40. The molecule has 3 aliphatic heterocycles. The smallest absolute Gasteiger partial charge is 0.255 e. The number of sulfonamides is 1. The molecule has 0 amide bonds. The maximum absolute atomic E-state index is 13.0. The number of fused-ring (bicyclic) bond motifs is 4. The molecule has 0 saturated carbocycles. The van der Waals surface area contributed by atoms with Gasteiger partial charge in [0.25, 0.3) is 5.56 Å². The van der Waals surface area contributed by atoms with Gasteiger partial charge in [-0.1, -0.05) is 6.07 Å². The van der Waals surface area contributed by atoms with Crippen LogP contribution >= 0.6 is 24.8 Å². The van der Waals surface area contributed by atoms with Crippen LogP contribution in [0.4, 0.5) is 0 Å². The Bertz CT molecular complexity index is 838. The molecule has 1 aromatic heterocycles. The van der Waals surface area contributed by atoms with E-state index in [4.69, 9.17) is 5.14 Å². The number of hydrogen-bond acceptors (Lipinski definition) is 5. The van der Waals surface area contributed by atoms with Crippen molar-refractivity contribution in [2.75, 3.05) is 31.9 Å². The number of rotatable bonds is 4. The van der Waals surface area contributed by atoms with Crippen molar-refractivity contribution in [3.05, 3.63) is 33.7 Å². The highest BCUT2D eigenvalue weighted by Crippen LogP contribution is 2.31. The minimum absolute atomic E-state index is 0. The van der Waals surface area contributed by atoms with Gasteiger partial charge in [-0.25, -0.2) is 13.6 Å². The van der Waals surface area contributed by atoms with Crippen LogP contribution in [-0.4, -0.2) is 49.8 Å². The zero-order valence-corrected chi connectivity index (χ0v) is 18.3. The maximum atomic E-state index is 13.0. The van der Waals surface area contributed by atoms with Crippen LogP contribution in [0.15, 0.2) is 16.9 Å². The molecule has 10 heteroatoms. The molecule has 4 rings (SSSR count). The number of likely N-dealkylation sites (tertiary alicyclic amines) is 1. The van der Waals surface area contributed by atoms with Crippen molar-refractivity contribution in [3.8, 4) is 0 Å². The molecular weight excluding hydrogens is 423 g/mol. The molecule has 7 nitrogen and oxygen atoms in total. The molecule has 0 aromatic carbocycles. The molecule has 2 saturated heterocycles. The summed E-state index contributed by atoms with van der Waals surface area (Å²) in [4.78, 5) is 15.2. The van der Waals surface area contributed by atoms with Crippen molar-refractivity contribution in [1.82, 2.24) is 14.8 Å². The van der Waals surface area contributed by atoms with Crippen LogP contribution in [0.5, 0.6) is 0 Å². The number of nitrogens with one attached hydrogen (secondary N) is 1. The lowest BCUT2D eigenvalue weighted by atomic mass is 9.84. The van der Waals surface area contributed by atoms with E-state index >= 15 is 0 Å². The van der Waals surface area contributed by atoms with E-state index in [1.807, 2.05) is 10.6 Å². The second kappa shape index (κ2) is 9.45. The summed E-state index contributed by atoms with van der Waals surface area (Å²) in [6.45, 7) is 5.07. The largest absolute Gasteiger partial charge is 0.316 e. The third-order valence-corrected chi connectivity index (χ3v) is 7.09. The molecule has 4 heterocycles. The highest BCUT2D eigenvalue weighted by Gasteiger charge is 2.31. The van der Waals surface area contributed by atoms with Gasteiger partial charge in [0, 0.05) is 36.8 Å². The van der Waals surface area contributed by atoms with Crippen LogP contribution in [0.25, 0.3) is 0 Å². The van der Waals surface area contributed by atoms with Gasteiger partial charge in [0.05, 0.1) is 5.75 Å². The van der Waals surface area contributed by atoms with Crippen LogP contribution < -0.4 is 16.0 Å². The van der Waals surface area contributed by atoms with Crippen LogP contribution in [0, 0.1) is 11.8 Å². The highest BCUT2D eigenvalue weighted by molar-refractivity contribution is 7.89. The fourth-order valence-corrected chi connectivity index (χ4v) is 5.83. The van der Waals surface area contributed by atoms with Gasteiger partial charge in [-0.05, 0) is 56.8 Å². The van der Waals surface area contributed by atoms with E-state index in [-0.39, 0.29) is 42.0 Å². The number of nitrogens with two attached hydrogens (primary N) is 1. The monoisotopic (exact) mass is 452 g/mol. The third-order valence-electron chi connectivity index (χ3n) is 6.16. The van der Waals surface area contributed by atoms with Gasteiger partial charge in [-0.3, -0.25) is 9.69 Å². The Kier molecular flexibility index (Phi) is 7.98. The van der Waals surface area contributed by atoms with Crippen LogP contribution in [0.1, 0.15) is 36.4 Å². The zero-order chi connectivity index (χ0) is 18.3. The molecule has 0 spiro atoms. The molecular formula is C18H30Cl2N4O3S. The van der Waals surface area contributed by atoms with Crippen molar-refractivity contribution in [1.29, 1.82) is 0 Å². The third kappa shape index (κ3) is 5.29. The van der Waals surface area contributed by atoms with Gasteiger partial charge in [-0.2, -0.15) is 0 Å². The van der Waals surface area contributed by atoms with Crippen molar-refractivity contribution < 1.29 is 8.42 Å². The number of pyridine rings is 1. The Hall–Kier alpha value is -0.640. The van der Waals surface area contributed by atoms with Crippen molar-refractivity contribution in [3.63, 3.8) is 0 Å². The van der Waals surface area contributed by atoms with Gasteiger partial charge >= 0.3 is 0 Å². The van der Waals surface area contributed by atoms with Gasteiger partial charge in [-0.15, -0.1) is 24.8 Å². The van der Waals surface area contributed by atoms with Gasteiger partial charge in [0.1, 0.15) is 0 Å². The number of piperidine rings is 2. The summed E-state index contributed by atoms with van der Waals surface area (Å²) in [5, 5.41) is 8.63. The fraction of sp³-hybridized carbons (Fsp3) is 0.722. The lowest BCUT2D eigenvalue weighted by Crippen LogP contribution is -2.46. The first kappa shape index (κ1) is 23.6. The SMILES string of the molecule is Cl.Cl.NS(=O)(=O)CC1CCN(Cc2ccc3n(c2=O)C[C@@H]2CNC[C@H]3C2)CC1. The lowest BCUT2D eigenvalue weighted by Gasteiger charge is -2.38. The Balaban J connectivity index is 0.00000140. The van der Waals surface area contributed by atoms with Crippen molar-refractivity contribution >= 4 is 34.8 Å². The topological polar surface area (TPSA) is 97.4 Å². The van der Waals surface area contributed by atoms with E-state index < -0.39 is 10.0 Å². The highest BCUT2D eigenvalue weighted by atomic mass is 35.5. The zero-order valence-electron chi connectivity index (χ0n) is 15.9. The Morgan fingerprint density at radius 1 is 1.14 bits per heavy atom. The van der Waals surface area contributed by atoms with E-state index in [0.29, 0.717) is 18.4 Å². The summed E-state index contributed by atoms with van der Waals surface area (Å²) in [5.41, 5.74) is 2.19. The number of halogens is 2. The standard InChI is InChI=1S/C18H28N4O3S.2ClH/c19-26(24,25)12-13-3-5-21(6-4-13)11-15-1-2-17-16-7-14(8-20-9-16)10-22(17)18(15)23;;/h1-2,13-14,16,20H,3-12H2,(H2,19,24,25);2*1H/t14-,16+;;/m0../s1. The average Bonchev–Trinajstić information content (AvgIpc) is 2.59. The molecule has 28 heavy (non-hydrogen) atoms. The number of aromatic nitrogens is 1. The lowest BCUT2D eigenvalue weighted by molar-refractivity contribution is 0.184. The maximum Gasteiger partial charge on any atom is 0.255 e. The van der Waals surface area contributed by atoms with Crippen LogP contribution in [-0.2, 0) is 23.1 Å². The Morgan fingerprint density at radius 2 is 1.86 bits per heavy atom. The van der Waals surface area contributed by atoms with E-state index in [2.05, 4.69) is 16.3 Å². The summed E-state index contributed by atoms with van der Waals surface area (Å²) >= 11 is 0. The Morgan fingerprint density at radius 3 is 2.54 bits per heavy atom. The molecule has 2 fully saturated rings. The first-order valence-corrected chi connectivity index (χ1v) is 11.3. The predicted molar refractivity (Wildman–Crippen MR) is 115 cm³/mol. The van der Waals surface area contributed by atoms with Crippen LogP contribution in [0.3, 0.4) is 0 Å². The summed E-state index contributed by atoms with van der Waals surface area (Å²) in [7, 11) is -3.40. The number of hydrogen-bond donors (Lipinski definition) is 2. The molecule has 1 aromatic rings. The quantitative estimate of drug-likeness (QED) is 0.706. The van der Waals surface area contributed by atoms with Gasteiger partial charge in [0.15, 0.2) is 0 Å². The summed E-state index contributed by atoms with van der Waals surface area (Å²) < 4.78 is 24.5. The first-order chi connectivity index (χ1) is 12.4. The summed E-state index contributed by atoms with van der Waals surface area (Å²) in [5.74, 6) is 1.22. The van der Waals surface area contributed by atoms with Crippen molar-refractivity contribution in [2.45, 2.75) is 38.3 Å². The van der Waals surface area contributed by atoms with Crippen molar-refractivity contribution in [2.24, 2.45) is 17.0 Å². The molecule has 160 valence electrons. The Labute approximate surface area is 178 Å². The molecule has 0 radical (unpaired) electrons. The van der Waals surface area contributed by atoms with Gasteiger partial charge in [0.2, 0.25) is 10.0 Å².